The summed E-state index contributed by atoms with van der Waals surface area (Å²) in [5, 5.41) is 0. The van der Waals surface area contributed by atoms with E-state index in [4.69, 9.17) is 0 Å². The molecule has 1 aromatic carbocycles. The van der Waals surface area contributed by atoms with Crippen LogP contribution in [0.25, 0.3) is 0 Å². The SMILES string of the molecule is CCc1nccn1[C@@H]1CCCN(S(=O)(=O)CCC2Cc3ccccc3C2)C1. The highest BCUT2D eigenvalue weighted by atomic mass is 32.2. The van der Waals surface area contributed by atoms with Crippen LogP contribution in [0.15, 0.2) is 36.7 Å². The Morgan fingerprint density at radius 3 is 2.63 bits per heavy atom. The molecule has 1 atom stereocenters. The molecule has 1 saturated heterocycles. The van der Waals surface area contributed by atoms with Gasteiger partial charge in [-0.05, 0) is 49.1 Å². The van der Waals surface area contributed by atoms with Crippen molar-refractivity contribution >= 4 is 10.0 Å². The second-order valence-electron chi connectivity index (χ2n) is 7.91. The van der Waals surface area contributed by atoms with Crippen LogP contribution in [0.2, 0.25) is 0 Å². The number of piperidine rings is 1. The first-order valence-corrected chi connectivity index (χ1v) is 11.7. The smallest absolute Gasteiger partial charge is 0.214 e. The Morgan fingerprint density at radius 1 is 1.19 bits per heavy atom. The van der Waals surface area contributed by atoms with Crippen LogP contribution in [-0.2, 0) is 29.3 Å². The van der Waals surface area contributed by atoms with Crippen molar-refractivity contribution in [3.05, 3.63) is 53.6 Å². The summed E-state index contributed by atoms with van der Waals surface area (Å²) in [6, 6.07) is 8.71. The molecule has 0 bridgehead atoms. The normalized spacial score (nSPS) is 21.4. The van der Waals surface area contributed by atoms with Gasteiger partial charge in [-0.3, -0.25) is 0 Å². The minimum absolute atomic E-state index is 0.210. The standard InChI is InChI=1S/C21H29N3O2S/c1-2-21-22-10-12-24(21)20-8-5-11-23(16-20)27(25,26)13-9-17-14-18-6-3-4-7-19(18)15-17/h3-4,6-7,10,12,17,20H,2,5,8-9,11,13-16H2,1H3/t20-/m1/s1. The lowest BCUT2D eigenvalue weighted by Crippen LogP contribution is -2.42. The summed E-state index contributed by atoms with van der Waals surface area (Å²) in [6.45, 7) is 3.33. The van der Waals surface area contributed by atoms with Crippen molar-refractivity contribution < 1.29 is 8.42 Å². The van der Waals surface area contributed by atoms with Crippen molar-refractivity contribution in [2.45, 2.75) is 51.5 Å². The minimum Gasteiger partial charge on any atom is -0.331 e. The number of aromatic nitrogens is 2. The summed E-state index contributed by atoms with van der Waals surface area (Å²) in [4.78, 5) is 4.40. The van der Waals surface area contributed by atoms with E-state index in [1.165, 1.54) is 11.1 Å². The molecule has 5 nitrogen and oxygen atoms in total. The zero-order valence-electron chi connectivity index (χ0n) is 16.0. The van der Waals surface area contributed by atoms with Crippen molar-refractivity contribution in [3.8, 4) is 0 Å². The molecule has 0 amide bonds. The molecule has 0 unspecified atom stereocenters. The highest BCUT2D eigenvalue weighted by Crippen LogP contribution is 2.30. The van der Waals surface area contributed by atoms with Crippen molar-refractivity contribution in [1.29, 1.82) is 0 Å². The van der Waals surface area contributed by atoms with E-state index in [1.807, 2.05) is 12.4 Å². The van der Waals surface area contributed by atoms with Gasteiger partial charge in [0.1, 0.15) is 5.82 Å². The first-order valence-electron chi connectivity index (χ1n) is 10.1. The van der Waals surface area contributed by atoms with E-state index >= 15 is 0 Å². The van der Waals surface area contributed by atoms with Crippen LogP contribution in [0.3, 0.4) is 0 Å². The molecule has 0 spiro atoms. The van der Waals surface area contributed by atoms with E-state index in [1.54, 1.807) is 4.31 Å². The number of imidazole rings is 1. The Morgan fingerprint density at radius 2 is 1.93 bits per heavy atom. The van der Waals surface area contributed by atoms with Crippen LogP contribution in [0, 0.1) is 5.92 Å². The molecule has 6 heteroatoms. The number of hydrogen-bond acceptors (Lipinski definition) is 3. The molecule has 2 aromatic rings. The minimum atomic E-state index is -3.20. The second-order valence-corrected chi connectivity index (χ2v) is 9.99. The van der Waals surface area contributed by atoms with Gasteiger partial charge < -0.3 is 4.57 Å². The van der Waals surface area contributed by atoms with Crippen LogP contribution >= 0.6 is 0 Å². The molecular formula is C21H29N3O2S. The molecule has 0 radical (unpaired) electrons. The first kappa shape index (κ1) is 18.7. The van der Waals surface area contributed by atoms with Crippen LogP contribution < -0.4 is 0 Å². The zero-order valence-corrected chi connectivity index (χ0v) is 16.9. The van der Waals surface area contributed by atoms with E-state index < -0.39 is 10.0 Å². The molecule has 1 fully saturated rings. The fourth-order valence-corrected chi connectivity index (χ4v) is 6.35. The maximum absolute atomic E-state index is 13.0. The van der Waals surface area contributed by atoms with E-state index in [0.717, 1.165) is 44.3 Å². The number of sulfonamides is 1. The van der Waals surface area contributed by atoms with E-state index in [0.29, 0.717) is 19.0 Å². The second kappa shape index (κ2) is 7.76. The summed E-state index contributed by atoms with van der Waals surface area (Å²) < 4.78 is 29.9. The maximum Gasteiger partial charge on any atom is 0.214 e. The molecular weight excluding hydrogens is 358 g/mol. The summed E-state index contributed by atoms with van der Waals surface area (Å²) in [7, 11) is -3.20. The van der Waals surface area contributed by atoms with Gasteiger partial charge in [-0.15, -0.1) is 0 Å². The van der Waals surface area contributed by atoms with Gasteiger partial charge >= 0.3 is 0 Å². The number of aryl methyl sites for hydroxylation is 1. The van der Waals surface area contributed by atoms with Crippen molar-refractivity contribution in [2.24, 2.45) is 5.92 Å². The zero-order chi connectivity index (χ0) is 18.9. The summed E-state index contributed by atoms with van der Waals surface area (Å²) >= 11 is 0. The summed E-state index contributed by atoms with van der Waals surface area (Å²) in [6.07, 6.45) is 9.42. The predicted octanol–water partition coefficient (Wildman–Crippen LogP) is 3.22. The van der Waals surface area contributed by atoms with Crippen LogP contribution in [0.4, 0.5) is 0 Å². The van der Waals surface area contributed by atoms with E-state index in [2.05, 4.69) is 40.7 Å². The third kappa shape index (κ3) is 3.97. The van der Waals surface area contributed by atoms with Gasteiger partial charge in [-0.2, -0.15) is 4.31 Å². The van der Waals surface area contributed by atoms with Gasteiger partial charge in [0.2, 0.25) is 10.0 Å². The topological polar surface area (TPSA) is 55.2 Å². The number of fused-ring (bicyclic) bond motifs is 1. The van der Waals surface area contributed by atoms with Crippen molar-refractivity contribution in [2.75, 3.05) is 18.8 Å². The Labute approximate surface area is 162 Å². The number of nitrogens with zero attached hydrogens (tertiary/aromatic N) is 3. The first-order chi connectivity index (χ1) is 13.1. The highest BCUT2D eigenvalue weighted by molar-refractivity contribution is 7.89. The van der Waals surface area contributed by atoms with Gasteiger partial charge in [0.15, 0.2) is 0 Å². The van der Waals surface area contributed by atoms with E-state index in [9.17, 15) is 8.42 Å². The maximum atomic E-state index is 13.0. The molecule has 1 aromatic heterocycles. The molecule has 1 aliphatic carbocycles. The largest absolute Gasteiger partial charge is 0.331 e. The number of benzene rings is 1. The third-order valence-corrected chi connectivity index (χ3v) is 8.00. The van der Waals surface area contributed by atoms with Crippen molar-refractivity contribution in [1.82, 2.24) is 13.9 Å². The Kier molecular flexibility index (Phi) is 5.37. The van der Waals surface area contributed by atoms with Gasteiger partial charge in [0, 0.05) is 37.9 Å². The average Bonchev–Trinajstić information content (AvgIpc) is 3.33. The summed E-state index contributed by atoms with van der Waals surface area (Å²) in [5.41, 5.74) is 2.79. The lowest BCUT2D eigenvalue weighted by Gasteiger charge is -2.33. The summed E-state index contributed by atoms with van der Waals surface area (Å²) in [5.74, 6) is 1.77. The fourth-order valence-electron chi connectivity index (χ4n) is 4.65. The quantitative estimate of drug-likeness (QED) is 0.765. The molecule has 146 valence electrons. The van der Waals surface area contributed by atoms with Crippen LogP contribution in [-0.4, -0.2) is 41.1 Å². The molecule has 1 aliphatic heterocycles. The lowest BCUT2D eigenvalue weighted by atomic mass is 10.0. The highest BCUT2D eigenvalue weighted by Gasteiger charge is 2.31. The molecule has 4 rings (SSSR count). The molecule has 2 heterocycles. The molecule has 2 aliphatic rings. The van der Waals surface area contributed by atoms with Gasteiger partial charge in [-0.25, -0.2) is 13.4 Å². The Balaban J connectivity index is 1.37. The number of hydrogen-bond donors (Lipinski definition) is 0. The molecule has 0 saturated carbocycles. The average molecular weight is 388 g/mol. The monoisotopic (exact) mass is 387 g/mol. The van der Waals surface area contributed by atoms with Gasteiger partial charge in [0.05, 0.1) is 5.75 Å². The Bertz CT molecular complexity index is 865. The van der Waals surface area contributed by atoms with Gasteiger partial charge in [-0.1, -0.05) is 31.2 Å². The number of rotatable bonds is 6. The molecule has 27 heavy (non-hydrogen) atoms. The van der Waals surface area contributed by atoms with Crippen LogP contribution in [0.5, 0.6) is 0 Å². The van der Waals surface area contributed by atoms with E-state index in [-0.39, 0.29) is 11.8 Å². The van der Waals surface area contributed by atoms with Gasteiger partial charge in [0.25, 0.3) is 0 Å². The molecule has 0 N–H and O–H groups in total. The fraction of sp³-hybridized carbons (Fsp3) is 0.571. The lowest BCUT2D eigenvalue weighted by molar-refractivity contribution is 0.262. The third-order valence-electron chi connectivity index (χ3n) is 6.13. The predicted molar refractivity (Wildman–Crippen MR) is 107 cm³/mol. The van der Waals surface area contributed by atoms with Crippen LogP contribution in [0.1, 0.15) is 49.2 Å². The van der Waals surface area contributed by atoms with Crippen molar-refractivity contribution in [3.63, 3.8) is 0 Å². The Hall–Kier alpha value is -1.66.